The minimum Gasteiger partial charge on any atom is -0.465 e. The van der Waals surface area contributed by atoms with Crippen molar-refractivity contribution < 1.29 is 18.3 Å². The van der Waals surface area contributed by atoms with Gasteiger partial charge in [0.2, 0.25) is 0 Å². The molecule has 0 fully saturated rings. The molecule has 0 saturated heterocycles. The quantitative estimate of drug-likeness (QED) is 0.476. The van der Waals surface area contributed by atoms with E-state index in [4.69, 9.17) is 0 Å². The molecule has 0 radical (unpaired) electrons. The summed E-state index contributed by atoms with van der Waals surface area (Å²) in [6.07, 6.45) is -1.40. The fourth-order valence-corrected chi connectivity index (χ4v) is 1.82. The predicted molar refractivity (Wildman–Crippen MR) is 58.0 cm³/mol. The zero-order valence-corrected chi connectivity index (χ0v) is 10.2. The molecule has 1 rings (SSSR count). The Labute approximate surface area is 99.0 Å². The number of halogens is 3. The molecule has 6 heteroatoms. The first-order valence-electron chi connectivity index (χ1n) is 4.00. The molecule has 0 unspecified atom stereocenters. The lowest BCUT2D eigenvalue weighted by atomic mass is 10.1. The first kappa shape index (κ1) is 12.3. The normalized spacial score (nSPS) is 10.5. The third-order valence-corrected chi connectivity index (χ3v) is 2.70. The Bertz CT molecular complexity index is 396. The van der Waals surface area contributed by atoms with Gasteiger partial charge in [-0.1, -0.05) is 0 Å². The van der Waals surface area contributed by atoms with Gasteiger partial charge in [0, 0.05) is 11.8 Å². The van der Waals surface area contributed by atoms with Crippen LogP contribution in [0.3, 0.4) is 0 Å². The third-order valence-electron chi connectivity index (χ3n) is 1.88. The summed E-state index contributed by atoms with van der Waals surface area (Å²) in [5.41, 5.74) is -0.167. The van der Waals surface area contributed by atoms with E-state index in [-0.39, 0.29) is 20.4 Å². The molecule has 1 heterocycles. The SMILES string of the molecule is COC(=O)c1c(I)ncc(C)c1C(F)F. The van der Waals surface area contributed by atoms with Crippen LogP contribution in [0.5, 0.6) is 0 Å². The van der Waals surface area contributed by atoms with Gasteiger partial charge in [0.15, 0.2) is 0 Å². The van der Waals surface area contributed by atoms with Gasteiger partial charge in [-0.3, -0.25) is 0 Å². The number of rotatable bonds is 2. The fourth-order valence-electron chi connectivity index (χ4n) is 1.17. The van der Waals surface area contributed by atoms with Crippen molar-refractivity contribution in [2.24, 2.45) is 0 Å². The second-order valence-electron chi connectivity index (χ2n) is 2.81. The van der Waals surface area contributed by atoms with Gasteiger partial charge in [-0.2, -0.15) is 0 Å². The summed E-state index contributed by atoms with van der Waals surface area (Å²) in [6.45, 7) is 1.48. The van der Waals surface area contributed by atoms with Gasteiger partial charge >= 0.3 is 5.97 Å². The Morgan fingerprint density at radius 2 is 2.20 bits per heavy atom. The predicted octanol–water partition coefficient (Wildman–Crippen LogP) is 2.72. The van der Waals surface area contributed by atoms with Crippen LogP contribution in [0, 0.1) is 10.6 Å². The maximum atomic E-state index is 12.7. The van der Waals surface area contributed by atoms with Crippen LogP contribution in [0.2, 0.25) is 0 Å². The van der Waals surface area contributed by atoms with Crippen LogP contribution in [0.25, 0.3) is 0 Å². The van der Waals surface area contributed by atoms with Gasteiger partial charge in [0.05, 0.1) is 7.11 Å². The summed E-state index contributed by atoms with van der Waals surface area (Å²) >= 11 is 1.73. The van der Waals surface area contributed by atoms with Gasteiger partial charge in [-0.15, -0.1) is 0 Å². The molecule has 82 valence electrons. The van der Waals surface area contributed by atoms with E-state index in [0.29, 0.717) is 0 Å². The van der Waals surface area contributed by atoms with Crippen molar-refractivity contribution in [1.29, 1.82) is 0 Å². The highest BCUT2D eigenvalue weighted by Gasteiger charge is 2.24. The number of nitrogens with zero attached hydrogens (tertiary/aromatic N) is 1. The number of hydrogen-bond acceptors (Lipinski definition) is 3. The second kappa shape index (κ2) is 4.82. The summed E-state index contributed by atoms with van der Waals surface area (Å²) in [5, 5.41) is 0. The number of aromatic nitrogens is 1. The smallest absolute Gasteiger partial charge is 0.341 e. The van der Waals surface area contributed by atoms with Gasteiger partial charge in [0.25, 0.3) is 6.43 Å². The van der Waals surface area contributed by atoms with Crippen molar-refractivity contribution in [1.82, 2.24) is 4.98 Å². The highest BCUT2D eigenvalue weighted by atomic mass is 127. The number of carbonyl (C=O) groups excluding carboxylic acids is 1. The lowest BCUT2D eigenvalue weighted by Crippen LogP contribution is -2.11. The maximum absolute atomic E-state index is 12.7. The second-order valence-corrected chi connectivity index (χ2v) is 3.83. The zero-order chi connectivity index (χ0) is 11.6. The van der Waals surface area contributed by atoms with Crippen LogP contribution in [0.4, 0.5) is 8.78 Å². The minimum absolute atomic E-state index is 0.145. The Hall–Kier alpha value is -0.790. The number of ether oxygens (including phenoxy) is 1. The van der Waals surface area contributed by atoms with Crippen LogP contribution >= 0.6 is 22.6 Å². The maximum Gasteiger partial charge on any atom is 0.341 e. The van der Waals surface area contributed by atoms with E-state index in [2.05, 4.69) is 9.72 Å². The minimum atomic E-state index is -2.71. The molecule has 0 aliphatic rings. The molecule has 1 aromatic heterocycles. The average Bonchev–Trinajstić information content (AvgIpc) is 2.19. The van der Waals surface area contributed by atoms with Crippen molar-refractivity contribution in [3.8, 4) is 0 Å². The fraction of sp³-hybridized carbons (Fsp3) is 0.333. The van der Waals surface area contributed by atoms with Crippen molar-refractivity contribution >= 4 is 28.6 Å². The monoisotopic (exact) mass is 327 g/mol. The largest absolute Gasteiger partial charge is 0.465 e. The van der Waals surface area contributed by atoms with Gasteiger partial charge in [-0.05, 0) is 35.1 Å². The summed E-state index contributed by atoms with van der Waals surface area (Å²) < 4.78 is 30.1. The number of alkyl halides is 2. The van der Waals surface area contributed by atoms with Crippen LogP contribution in [0.1, 0.15) is 27.9 Å². The molecule has 0 spiro atoms. The molecule has 15 heavy (non-hydrogen) atoms. The number of hydrogen-bond donors (Lipinski definition) is 0. The summed E-state index contributed by atoms with van der Waals surface area (Å²) in [6, 6.07) is 0. The molecule has 0 aliphatic carbocycles. The standard InChI is InChI=1S/C9H8F2INO2/c1-4-3-13-8(12)6(9(14)15-2)5(4)7(10)11/h3,7H,1-2H3. The first-order chi connectivity index (χ1) is 6.99. The molecule has 0 aliphatic heterocycles. The Morgan fingerprint density at radius 3 is 2.67 bits per heavy atom. The van der Waals surface area contributed by atoms with E-state index in [1.165, 1.54) is 13.1 Å². The van der Waals surface area contributed by atoms with E-state index in [9.17, 15) is 13.6 Å². The van der Waals surface area contributed by atoms with E-state index in [0.717, 1.165) is 7.11 Å². The van der Waals surface area contributed by atoms with E-state index < -0.39 is 12.4 Å². The summed E-state index contributed by atoms with van der Waals surface area (Å²) in [4.78, 5) is 15.2. The lowest BCUT2D eigenvalue weighted by Gasteiger charge is -2.11. The van der Waals surface area contributed by atoms with Gasteiger partial charge in [0.1, 0.15) is 9.26 Å². The summed E-state index contributed by atoms with van der Waals surface area (Å²) in [5.74, 6) is -0.786. The van der Waals surface area contributed by atoms with Crippen LogP contribution in [-0.2, 0) is 4.74 Å². The highest BCUT2D eigenvalue weighted by Crippen LogP contribution is 2.28. The molecule has 0 amide bonds. The number of pyridine rings is 1. The number of methoxy groups -OCH3 is 1. The van der Waals surface area contributed by atoms with E-state index >= 15 is 0 Å². The van der Waals surface area contributed by atoms with E-state index in [1.54, 1.807) is 22.6 Å². The number of aryl methyl sites for hydroxylation is 1. The molecule has 0 bridgehead atoms. The molecular weight excluding hydrogens is 319 g/mol. The molecular formula is C9H8F2INO2. The Morgan fingerprint density at radius 1 is 1.60 bits per heavy atom. The van der Waals surface area contributed by atoms with Gasteiger partial charge < -0.3 is 4.74 Å². The zero-order valence-electron chi connectivity index (χ0n) is 8.05. The lowest BCUT2D eigenvalue weighted by molar-refractivity contribution is 0.0586. The highest BCUT2D eigenvalue weighted by molar-refractivity contribution is 14.1. The molecule has 1 aromatic rings. The number of carbonyl (C=O) groups is 1. The van der Waals surface area contributed by atoms with Crippen molar-refractivity contribution in [2.75, 3.05) is 7.11 Å². The van der Waals surface area contributed by atoms with Crippen LogP contribution < -0.4 is 0 Å². The van der Waals surface area contributed by atoms with E-state index in [1.807, 2.05) is 0 Å². The number of esters is 1. The van der Waals surface area contributed by atoms with Crippen molar-refractivity contribution in [2.45, 2.75) is 13.3 Å². The first-order valence-corrected chi connectivity index (χ1v) is 5.08. The Balaban J connectivity index is 3.45. The average molecular weight is 327 g/mol. The topological polar surface area (TPSA) is 39.2 Å². The van der Waals surface area contributed by atoms with Crippen LogP contribution in [0.15, 0.2) is 6.20 Å². The van der Waals surface area contributed by atoms with Crippen LogP contribution in [-0.4, -0.2) is 18.1 Å². The van der Waals surface area contributed by atoms with Crippen molar-refractivity contribution in [3.05, 3.63) is 26.6 Å². The molecule has 0 saturated carbocycles. The molecule has 0 atom stereocenters. The molecule has 3 nitrogen and oxygen atoms in total. The summed E-state index contributed by atoms with van der Waals surface area (Å²) in [7, 11) is 1.15. The van der Waals surface area contributed by atoms with Gasteiger partial charge in [-0.25, -0.2) is 18.6 Å². The van der Waals surface area contributed by atoms with Crippen molar-refractivity contribution in [3.63, 3.8) is 0 Å². The molecule has 0 aromatic carbocycles. The third kappa shape index (κ3) is 2.42. The Kier molecular flexibility index (Phi) is 3.95. The molecule has 0 N–H and O–H groups in total.